The van der Waals surface area contributed by atoms with Crippen LogP contribution in [0, 0.1) is 5.92 Å². The van der Waals surface area contributed by atoms with E-state index in [1.807, 2.05) is 12.1 Å². The lowest BCUT2D eigenvalue weighted by molar-refractivity contribution is -0.116. The predicted octanol–water partition coefficient (Wildman–Crippen LogP) is 3.38. The van der Waals surface area contributed by atoms with E-state index < -0.39 is 0 Å². The highest BCUT2D eigenvalue weighted by Crippen LogP contribution is 2.36. The Kier molecular flexibility index (Phi) is 4.27. The molecule has 0 bridgehead atoms. The predicted molar refractivity (Wildman–Crippen MR) is 73.3 cm³/mol. The number of ketones is 1. The topological polar surface area (TPSA) is 35.5 Å². The van der Waals surface area contributed by atoms with Crippen LogP contribution in [0.2, 0.25) is 0 Å². The van der Waals surface area contributed by atoms with E-state index in [-0.39, 0.29) is 5.78 Å². The van der Waals surface area contributed by atoms with Crippen LogP contribution in [0.15, 0.2) is 16.6 Å². The summed E-state index contributed by atoms with van der Waals surface area (Å²) in [5.41, 5.74) is 0.929. The zero-order valence-electron chi connectivity index (χ0n) is 10.7. The lowest BCUT2D eigenvalue weighted by Gasteiger charge is -2.13. The number of carbonyl (C=O) groups is 1. The molecule has 0 saturated heterocycles. The van der Waals surface area contributed by atoms with Gasteiger partial charge in [-0.1, -0.05) is 15.9 Å². The van der Waals surface area contributed by atoms with Gasteiger partial charge in [-0.05, 0) is 43.4 Å². The Bertz CT molecular complexity index is 453. The minimum atomic E-state index is 0.129. The van der Waals surface area contributed by atoms with Crippen molar-refractivity contribution in [3.05, 3.63) is 22.2 Å². The van der Waals surface area contributed by atoms with E-state index in [1.54, 1.807) is 14.0 Å². The van der Waals surface area contributed by atoms with Crippen molar-refractivity contribution in [1.82, 2.24) is 0 Å². The van der Waals surface area contributed by atoms with Crippen molar-refractivity contribution in [3.8, 4) is 11.5 Å². The van der Waals surface area contributed by atoms with E-state index in [2.05, 4.69) is 15.9 Å². The third kappa shape index (κ3) is 3.48. The van der Waals surface area contributed by atoms with Crippen molar-refractivity contribution in [2.75, 3.05) is 13.7 Å². The second-order valence-electron chi connectivity index (χ2n) is 4.73. The maximum Gasteiger partial charge on any atom is 0.162 e. The van der Waals surface area contributed by atoms with E-state index >= 15 is 0 Å². The summed E-state index contributed by atoms with van der Waals surface area (Å²) >= 11 is 3.47. The van der Waals surface area contributed by atoms with Gasteiger partial charge in [0.1, 0.15) is 5.78 Å². The van der Waals surface area contributed by atoms with E-state index in [4.69, 9.17) is 9.47 Å². The van der Waals surface area contributed by atoms with Crippen LogP contribution in [0.1, 0.15) is 25.3 Å². The van der Waals surface area contributed by atoms with Crippen molar-refractivity contribution in [2.24, 2.45) is 5.92 Å². The highest BCUT2D eigenvalue weighted by molar-refractivity contribution is 9.10. The first-order valence-corrected chi connectivity index (χ1v) is 6.88. The summed E-state index contributed by atoms with van der Waals surface area (Å²) in [5, 5.41) is 0. The molecular weight excluding hydrogens is 296 g/mol. The summed E-state index contributed by atoms with van der Waals surface area (Å²) in [4.78, 5) is 11.2. The fraction of sp³-hybridized carbons (Fsp3) is 0.500. The zero-order valence-corrected chi connectivity index (χ0v) is 12.2. The first-order chi connectivity index (χ1) is 8.60. The lowest BCUT2D eigenvalue weighted by Crippen LogP contribution is -2.03. The fourth-order valence-electron chi connectivity index (χ4n) is 1.75. The van der Waals surface area contributed by atoms with Crippen LogP contribution >= 0.6 is 15.9 Å². The van der Waals surface area contributed by atoms with Crippen LogP contribution in [0.5, 0.6) is 11.5 Å². The number of halogens is 1. The van der Waals surface area contributed by atoms with Gasteiger partial charge < -0.3 is 9.47 Å². The number of Topliss-reactive ketones (excluding diaryl/α,β-unsaturated/α-hetero) is 1. The van der Waals surface area contributed by atoms with Gasteiger partial charge in [-0.2, -0.15) is 0 Å². The number of rotatable bonds is 6. The summed E-state index contributed by atoms with van der Waals surface area (Å²) in [7, 11) is 1.62. The molecular formula is C14H17BrO3. The summed E-state index contributed by atoms with van der Waals surface area (Å²) in [6, 6.07) is 3.76. The minimum absolute atomic E-state index is 0.129. The molecule has 0 heterocycles. The van der Waals surface area contributed by atoms with Crippen molar-refractivity contribution in [3.63, 3.8) is 0 Å². The quantitative estimate of drug-likeness (QED) is 0.808. The molecule has 1 fully saturated rings. The van der Waals surface area contributed by atoms with Gasteiger partial charge in [0.15, 0.2) is 11.5 Å². The van der Waals surface area contributed by atoms with Gasteiger partial charge in [0, 0.05) is 10.9 Å². The molecule has 3 nitrogen and oxygen atoms in total. The van der Waals surface area contributed by atoms with Gasteiger partial charge in [-0.25, -0.2) is 0 Å². The molecule has 1 aliphatic rings. The molecule has 1 aliphatic carbocycles. The minimum Gasteiger partial charge on any atom is -0.493 e. The Morgan fingerprint density at radius 2 is 2.11 bits per heavy atom. The highest BCUT2D eigenvalue weighted by Gasteiger charge is 2.23. The average molecular weight is 313 g/mol. The van der Waals surface area contributed by atoms with Crippen molar-refractivity contribution < 1.29 is 14.3 Å². The molecule has 18 heavy (non-hydrogen) atoms. The van der Waals surface area contributed by atoms with Crippen LogP contribution in [0.25, 0.3) is 0 Å². The smallest absolute Gasteiger partial charge is 0.162 e. The average Bonchev–Trinajstić information content (AvgIpc) is 3.12. The zero-order chi connectivity index (χ0) is 13.1. The maximum absolute atomic E-state index is 11.2. The summed E-state index contributed by atoms with van der Waals surface area (Å²) in [6.07, 6.45) is 2.91. The Hall–Kier alpha value is -1.03. The van der Waals surface area contributed by atoms with Gasteiger partial charge in [0.2, 0.25) is 0 Å². The second kappa shape index (κ2) is 5.74. The molecule has 0 spiro atoms. The molecule has 1 aromatic rings. The molecule has 4 heteroatoms. The molecule has 1 saturated carbocycles. The van der Waals surface area contributed by atoms with Crippen LogP contribution in [-0.4, -0.2) is 19.5 Å². The van der Waals surface area contributed by atoms with Gasteiger partial charge in [-0.15, -0.1) is 0 Å². The number of hydrogen-bond acceptors (Lipinski definition) is 3. The van der Waals surface area contributed by atoms with Crippen LogP contribution in [-0.2, 0) is 11.2 Å². The number of carbonyl (C=O) groups excluding carboxylic acids is 1. The van der Waals surface area contributed by atoms with Gasteiger partial charge in [-0.3, -0.25) is 4.79 Å². The SMILES string of the molecule is COc1cc(CC(C)=O)c(Br)cc1OCC1CC1. The fourth-order valence-corrected chi connectivity index (χ4v) is 2.21. The first kappa shape index (κ1) is 13.4. The number of hydrogen-bond donors (Lipinski definition) is 0. The molecule has 2 rings (SSSR count). The molecule has 1 aromatic carbocycles. The molecule has 0 atom stereocenters. The van der Waals surface area contributed by atoms with E-state index in [9.17, 15) is 4.79 Å². The second-order valence-corrected chi connectivity index (χ2v) is 5.58. The summed E-state index contributed by atoms with van der Waals surface area (Å²) < 4.78 is 12.0. The third-order valence-electron chi connectivity index (χ3n) is 2.94. The van der Waals surface area contributed by atoms with Crippen LogP contribution in [0.4, 0.5) is 0 Å². The normalized spacial score (nSPS) is 14.4. The van der Waals surface area contributed by atoms with Gasteiger partial charge in [0.25, 0.3) is 0 Å². The van der Waals surface area contributed by atoms with Crippen LogP contribution in [0.3, 0.4) is 0 Å². The molecule has 0 N–H and O–H groups in total. The molecule has 0 aromatic heterocycles. The highest BCUT2D eigenvalue weighted by atomic mass is 79.9. The Labute approximate surface area is 116 Å². The molecule has 0 radical (unpaired) electrons. The van der Waals surface area contributed by atoms with E-state index in [0.29, 0.717) is 18.1 Å². The number of benzene rings is 1. The van der Waals surface area contributed by atoms with Crippen molar-refractivity contribution in [1.29, 1.82) is 0 Å². The molecule has 0 aliphatic heterocycles. The monoisotopic (exact) mass is 312 g/mol. The lowest BCUT2D eigenvalue weighted by atomic mass is 10.1. The van der Waals surface area contributed by atoms with Gasteiger partial charge >= 0.3 is 0 Å². The van der Waals surface area contributed by atoms with E-state index in [1.165, 1.54) is 12.8 Å². The van der Waals surface area contributed by atoms with Gasteiger partial charge in [0.05, 0.1) is 13.7 Å². The third-order valence-corrected chi connectivity index (χ3v) is 3.68. The Morgan fingerprint density at radius 3 is 2.67 bits per heavy atom. The summed E-state index contributed by atoms with van der Waals surface area (Å²) in [6.45, 7) is 2.32. The van der Waals surface area contributed by atoms with E-state index in [0.717, 1.165) is 22.4 Å². The Morgan fingerprint density at radius 1 is 1.39 bits per heavy atom. The standard InChI is InChI=1S/C14H17BrO3/c1-9(16)5-11-6-13(17-2)14(7-12(11)15)18-8-10-3-4-10/h6-7,10H,3-5,8H2,1-2H3. The summed E-state index contributed by atoms with van der Waals surface area (Å²) in [5.74, 6) is 2.26. The molecule has 0 unspecified atom stereocenters. The Balaban J connectivity index is 2.17. The van der Waals surface area contributed by atoms with Crippen molar-refractivity contribution >= 4 is 21.7 Å². The maximum atomic E-state index is 11.2. The molecule has 98 valence electrons. The largest absolute Gasteiger partial charge is 0.493 e. The van der Waals surface area contributed by atoms with Crippen LogP contribution < -0.4 is 9.47 Å². The number of methoxy groups -OCH3 is 1. The molecule has 0 amide bonds. The van der Waals surface area contributed by atoms with Crippen molar-refractivity contribution in [2.45, 2.75) is 26.2 Å². The first-order valence-electron chi connectivity index (χ1n) is 6.08. The number of ether oxygens (including phenoxy) is 2.